The Labute approximate surface area is 148 Å². The number of carbonyl (C=O) groups is 1. The Hall–Kier alpha value is -2.21. The molecule has 2 aromatic heterocycles. The number of piperazine rings is 1. The summed E-state index contributed by atoms with van der Waals surface area (Å²) in [5, 5.41) is 4.41. The molecular weight excluding hydrogens is 314 g/mol. The first-order chi connectivity index (χ1) is 12.2. The lowest BCUT2D eigenvalue weighted by Crippen LogP contribution is -2.49. The summed E-state index contributed by atoms with van der Waals surface area (Å²) in [6, 6.07) is 6.32. The van der Waals surface area contributed by atoms with Crippen LogP contribution in [0.4, 0.5) is 0 Å². The molecule has 0 bridgehead atoms. The van der Waals surface area contributed by atoms with Crippen molar-refractivity contribution in [2.45, 2.75) is 38.8 Å². The van der Waals surface area contributed by atoms with Crippen LogP contribution >= 0.6 is 0 Å². The molecule has 1 atom stereocenters. The van der Waals surface area contributed by atoms with Crippen molar-refractivity contribution in [3.8, 4) is 0 Å². The quantitative estimate of drug-likeness (QED) is 0.860. The number of amides is 1. The summed E-state index contributed by atoms with van der Waals surface area (Å²) in [4.78, 5) is 21.8. The largest absolute Gasteiger partial charge is 0.336 e. The molecule has 2 aliphatic heterocycles. The molecule has 4 heterocycles. The molecule has 0 saturated carbocycles. The highest BCUT2D eigenvalue weighted by Crippen LogP contribution is 2.22. The van der Waals surface area contributed by atoms with E-state index in [1.807, 2.05) is 27.9 Å². The summed E-state index contributed by atoms with van der Waals surface area (Å²) >= 11 is 0. The first-order valence-electron chi connectivity index (χ1n) is 9.23. The topological polar surface area (TPSA) is 54.3 Å². The molecule has 132 valence electrons. The van der Waals surface area contributed by atoms with Gasteiger partial charge in [-0.05, 0) is 38.3 Å². The van der Waals surface area contributed by atoms with E-state index >= 15 is 0 Å². The maximum atomic E-state index is 12.9. The van der Waals surface area contributed by atoms with E-state index in [0.29, 0.717) is 0 Å². The van der Waals surface area contributed by atoms with Crippen molar-refractivity contribution >= 4 is 5.91 Å². The van der Waals surface area contributed by atoms with E-state index in [0.717, 1.165) is 68.9 Å². The number of nitrogens with zero attached hydrogens (tertiary/aromatic N) is 5. The zero-order chi connectivity index (χ0) is 17.2. The van der Waals surface area contributed by atoms with E-state index in [4.69, 9.17) is 0 Å². The van der Waals surface area contributed by atoms with E-state index in [1.54, 1.807) is 6.20 Å². The summed E-state index contributed by atoms with van der Waals surface area (Å²) in [5.74, 6) is 0.147. The van der Waals surface area contributed by atoms with Gasteiger partial charge in [-0.3, -0.25) is 19.4 Å². The van der Waals surface area contributed by atoms with Gasteiger partial charge in [0.25, 0.3) is 5.91 Å². The Kier molecular flexibility index (Phi) is 4.53. The predicted molar refractivity (Wildman–Crippen MR) is 95.3 cm³/mol. The number of rotatable bonds is 3. The minimum atomic E-state index is 0.147. The van der Waals surface area contributed by atoms with Crippen LogP contribution in [-0.2, 0) is 13.0 Å². The summed E-state index contributed by atoms with van der Waals surface area (Å²) < 4.78 is 2.01. The Morgan fingerprint density at radius 2 is 1.96 bits per heavy atom. The second kappa shape index (κ2) is 6.96. The van der Waals surface area contributed by atoms with Crippen molar-refractivity contribution in [2.75, 3.05) is 26.2 Å². The minimum absolute atomic E-state index is 0.147. The highest BCUT2D eigenvalue weighted by atomic mass is 16.2. The molecule has 0 unspecified atom stereocenters. The third-order valence-electron chi connectivity index (χ3n) is 5.48. The normalized spacial score (nSPS) is 19.5. The summed E-state index contributed by atoms with van der Waals surface area (Å²) in [7, 11) is 0. The van der Waals surface area contributed by atoms with Gasteiger partial charge < -0.3 is 4.90 Å². The third kappa shape index (κ3) is 3.18. The number of aromatic nitrogens is 3. The van der Waals surface area contributed by atoms with Crippen molar-refractivity contribution in [1.29, 1.82) is 0 Å². The average Bonchev–Trinajstić information content (AvgIpc) is 3.12. The number of pyridine rings is 1. The zero-order valence-electron chi connectivity index (χ0n) is 14.8. The summed E-state index contributed by atoms with van der Waals surface area (Å²) in [6.45, 7) is 6.42. The monoisotopic (exact) mass is 339 g/mol. The molecule has 0 aromatic carbocycles. The van der Waals surface area contributed by atoms with Crippen molar-refractivity contribution in [1.82, 2.24) is 24.6 Å². The van der Waals surface area contributed by atoms with Crippen LogP contribution in [0.15, 0.2) is 30.6 Å². The standard InChI is InChI=1S/C19H25N5O/c1-15(17-6-2-4-8-20-17)22-10-12-23(13-11-22)19(25)16-14-21-24-9-5-3-7-18(16)24/h2,4,6,8,14-15H,3,5,7,9-13H2,1H3/t15-/m0/s1. The Balaban J connectivity index is 1.40. The van der Waals surface area contributed by atoms with Crippen molar-refractivity contribution in [3.63, 3.8) is 0 Å². The molecule has 1 amide bonds. The van der Waals surface area contributed by atoms with Gasteiger partial charge in [-0.15, -0.1) is 0 Å². The van der Waals surface area contributed by atoms with E-state index in [-0.39, 0.29) is 11.9 Å². The first kappa shape index (κ1) is 16.3. The van der Waals surface area contributed by atoms with Gasteiger partial charge in [0, 0.05) is 45.0 Å². The van der Waals surface area contributed by atoms with Crippen LogP contribution in [0, 0.1) is 0 Å². The molecule has 1 saturated heterocycles. The smallest absolute Gasteiger partial charge is 0.257 e. The fourth-order valence-corrected chi connectivity index (χ4v) is 3.89. The third-order valence-corrected chi connectivity index (χ3v) is 5.48. The van der Waals surface area contributed by atoms with E-state index < -0.39 is 0 Å². The Bertz CT molecular complexity index is 734. The molecule has 2 aromatic rings. The van der Waals surface area contributed by atoms with Crippen LogP contribution in [-0.4, -0.2) is 56.7 Å². The second-order valence-corrected chi connectivity index (χ2v) is 6.94. The zero-order valence-corrected chi connectivity index (χ0v) is 14.8. The molecule has 1 fully saturated rings. The molecule has 6 nitrogen and oxygen atoms in total. The van der Waals surface area contributed by atoms with E-state index in [9.17, 15) is 4.79 Å². The molecule has 2 aliphatic rings. The Morgan fingerprint density at radius 1 is 1.12 bits per heavy atom. The molecule has 4 rings (SSSR count). The maximum Gasteiger partial charge on any atom is 0.257 e. The number of carbonyl (C=O) groups excluding carboxylic acids is 1. The van der Waals surface area contributed by atoms with Gasteiger partial charge in [0.1, 0.15) is 0 Å². The summed E-state index contributed by atoms with van der Waals surface area (Å²) in [5.41, 5.74) is 3.03. The average molecular weight is 339 g/mol. The fraction of sp³-hybridized carbons (Fsp3) is 0.526. The lowest BCUT2D eigenvalue weighted by atomic mass is 10.1. The van der Waals surface area contributed by atoms with Crippen LogP contribution in [0.25, 0.3) is 0 Å². The second-order valence-electron chi connectivity index (χ2n) is 6.94. The highest BCUT2D eigenvalue weighted by Gasteiger charge is 2.28. The molecule has 6 heteroatoms. The molecule has 25 heavy (non-hydrogen) atoms. The van der Waals surface area contributed by atoms with Crippen LogP contribution in [0.2, 0.25) is 0 Å². The Morgan fingerprint density at radius 3 is 2.72 bits per heavy atom. The number of aryl methyl sites for hydroxylation is 1. The van der Waals surface area contributed by atoms with Gasteiger partial charge in [-0.2, -0.15) is 5.10 Å². The van der Waals surface area contributed by atoms with Crippen molar-refractivity contribution < 1.29 is 4.79 Å². The van der Waals surface area contributed by atoms with Crippen LogP contribution < -0.4 is 0 Å². The van der Waals surface area contributed by atoms with Gasteiger partial charge in [0.15, 0.2) is 0 Å². The molecule has 0 N–H and O–H groups in total. The fourth-order valence-electron chi connectivity index (χ4n) is 3.89. The number of fused-ring (bicyclic) bond motifs is 1. The molecule has 0 spiro atoms. The van der Waals surface area contributed by atoms with E-state index in [1.165, 1.54) is 0 Å². The van der Waals surface area contributed by atoms with Gasteiger partial charge in [0.05, 0.1) is 23.1 Å². The van der Waals surface area contributed by atoms with Gasteiger partial charge in [-0.25, -0.2) is 0 Å². The van der Waals surface area contributed by atoms with Crippen LogP contribution in [0.1, 0.15) is 47.6 Å². The first-order valence-corrected chi connectivity index (χ1v) is 9.23. The molecular formula is C19H25N5O. The maximum absolute atomic E-state index is 12.9. The van der Waals surface area contributed by atoms with E-state index in [2.05, 4.69) is 28.0 Å². The van der Waals surface area contributed by atoms with Crippen molar-refractivity contribution in [3.05, 3.63) is 47.5 Å². The van der Waals surface area contributed by atoms with Crippen LogP contribution in [0.5, 0.6) is 0 Å². The lowest BCUT2D eigenvalue weighted by molar-refractivity contribution is 0.0577. The SMILES string of the molecule is C[C@@H](c1ccccn1)N1CCN(C(=O)c2cnn3c2CCCC3)CC1. The lowest BCUT2D eigenvalue weighted by Gasteiger charge is -2.37. The predicted octanol–water partition coefficient (Wildman–Crippen LogP) is 2.13. The van der Waals surface area contributed by atoms with Crippen LogP contribution in [0.3, 0.4) is 0 Å². The van der Waals surface area contributed by atoms with Gasteiger partial charge in [0.2, 0.25) is 0 Å². The minimum Gasteiger partial charge on any atom is -0.336 e. The van der Waals surface area contributed by atoms with Gasteiger partial charge in [-0.1, -0.05) is 6.07 Å². The number of hydrogen-bond donors (Lipinski definition) is 0. The van der Waals surface area contributed by atoms with Gasteiger partial charge >= 0.3 is 0 Å². The molecule has 0 radical (unpaired) electrons. The summed E-state index contributed by atoms with van der Waals surface area (Å²) in [6.07, 6.45) is 6.90. The molecule has 0 aliphatic carbocycles. The number of hydrogen-bond acceptors (Lipinski definition) is 4. The van der Waals surface area contributed by atoms with Crippen molar-refractivity contribution in [2.24, 2.45) is 0 Å². The highest BCUT2D eigenvalue weighted by molar-refractivity contribution is 5.95.